The maximum atomic E-state index is 13.0. The molecule has 0 spiro atoms. The summed E-state index contributed by atoms with van der Waals surface area (Å²) >= 11 is 0. The molecule has 0 bridgehead atoms. The molecular formula is C21H25F3N2O3. The summed E-state index contributed by atoms with van der Waals surface area (Å²) in [6.07, 6.45) is 0. The lowest BCUT2D eigenvalue weighted by molar-refractivity contribution is -0.122. The molecule has 0 unspecified atom stereocenters. The van der Waals surface area contributed by atoms with E-state index >= 15 is 0 Å². The number of benzene rings is 2. The molecule has 0 aliphatic rings. The van der Waals surface area contributed by atoms with Crippen LogP contribution in [0.5, 0.6) is 11.5 Å². The summed E-state index contributed by atoms with van der Waals surface area (Å²) in [7, 11) is 1.77. The van der Waals surface area contributed by atoms with Crippen molar-refractivity contribution >= 4 is 5.91 Å². The molecule has 2 aromatic carbocycles. The van der Waals surface area contributed by atoms with Gasteiger partial charge in [0, 0.05) is 6.54 Å². The van der Waals surface area contributed by atoms with Crippen molar-refractivity contribution in [3.8, 4) is 11.5 Å². The van der Waals surface area contributed by atoms with Gasteiger partial charge in [-0.1, -0.05) is 18.2 Å². The molecule has 0 radical (unpaired) electrons. The molecule has 0 heterocycles. The van der Waals surface area contributed by atoms with E-state index in [2.05, 4.69) is 10.1 Å². The predicted octanol–water partition coefficient (Wildman–Crippen LogP) is 4.14. The first-order chi connectivity index (χ1) is 13.8. The highest BCUT2D eigenvalue weighted by Gasteiger charge is 2.15. The van der Waals surface area contributed by atoms with Gasteiger partial charge in [-0.2, -0.15) is 8.78 Å². The normalized spacial score (nSPS) is 12.1. The average Bonchev–Trinajstić information content (AvgIpc) is 2.64. The van der Waals surface area contributed by atoms with Crippen LogP contribution in [0.15, 0.2) is 42.5 Å². The van der Waals surface area contributed by atoms with Gasteiger partial charge < -0.3 is 14.8 Å². The third kappa shape index (κ3) is 7.30. The summed E-state index contributed by atoms with van der Waals surface area (Å²) in [5.41, 5.74) is 1.59. The number of rotatable bonds is 10. The number of hydrogen-bond donors (Lipinski definition) is 1. The van der Waals surface area contributed by atoms with Crippen LogP contribution in [0.3, 0.4) is 0 Å². The Bertz CT molecular complexity index is 800. The number of halogens is 3. The number of alkyl halides is 2. The van der Waals surface area contributed by atoms with Crippen molar-refractivity contribution in [2.24, 2.45) is 0 Å². The van der Waals surface area contributed by atoms with E-state index in [1.165, 1.54) is 18.2 Å². The molecule has 8 heteroatoms. The second-order valence-electron chi connectivity index (χ2n) is 6.61. The predicted molar refractivity (Wildman–Crippen MR) is 104 cm³/mol. The van der Waals surface area contributed by atoms with Gasteiger partial charge in [-0.15, -0.1) is 0 Å². The molecule has 0 aliphatic carbocycles. The lowest BCUT2D eigenvalue weighted by Gasteiger charge is -2.20. The number of ether oxygens (including phenoxy) is 2. The van der Waals surface area contributed by atoms with Crippen LogP contribution in [0.1, 0.15) is 31.0 Å². The summed E-state index contributed by atoms with van der Waals surface area (Å²) in [4.78, 5) is 14.1. The van der Waals surface area contributed by atoms with Crippen molar-refractivity contribution in [3.63, 3.8) is 0 Å². The summed E-state index contributed by atoms with van der Waals surface area (Å²) in [5.74, 6) is -0.317. The minimum atomic E-state index is -2.94. The van der Waals surface area contributed by atoms with Crippen LogP contribution >= 0.6 is 0 Å². The molecule has 1 atom stereocenters. The summed E-state index contributed by atoms with van der Waals surface area (Å²) in [5, 5.41) is 2.86. The Morgan fingerprint density at radius 3 is 2.45 bits per heavy atom. The van der Waals surface area contributed by atoms with E-state index in [0.29, 0.717) is 13.2 Å². The van der Waals surface area contributed by atoms with E-state index in [-0.39, 0.29) is 35.8 Å². The molecule has 0 aromatic heterocycles. The first kappa shape index (κ1) is 22.5. The van der Waals surface area contributed by atoms with E-state index in [1.807, 2.05) is 6.92 Å². The van der Waals surface area contributed by atoms with Crippen LogP contribution < -0.4 is 14.8 Å². The maximum Gasteiger partial charge on any atom is 0.387 e. The van der Waals surface area contributed by atoms with Gasteiger partial charge in [0.1, 0.15) is 5.82 Å². The fourth-order valence-electron chi connectivity index (χ4n) is 2.85. The Kier molecular flexibility index (Phi) is 8.33. The molecule has 1 amide bonds. The summed E-state index contributed by atoms with van der Waals surface area (Å²) in [6, 6.07) is 10.4. The molecular weight excluding hydrogens is 385 g/mol. The highest BCUT2D eigenvalue weighted by molar-refractivity contribution is 5.78. The Morgan fingerprint density at radius 2 is 1.83 bits per heavy atom. The van der Waals surface area contributed by atoms with E-state index in [1.54, 1.807) is 43.1 Å². The number of carbonyl (C=O) groups excluding carboxylic acids is 1. The smallest absolute Gasteiger partial charge is 0.387 e. The van der Waals surface area contributed by atoms with Crippen LogP contribution in [0, 0.1) is 5.82 Å². The molecule has 0 fully saturated rings. The second-order valence-corrected chi connectivity index (χ2v) is 6.61. The molecule has 5 nitrogen and oxygen atoms in total. The molecule has 0 saturated heterocycles. The zero-order valence-electron chi connectivity index (χ0n) is 16.6. The van der Waals surface area contributed by atoms with Gasteiger partial charge in [0.05, 0.1) is 19.2 Å². The quantitative estimate of drug-likeness (QED) is 0.640. The van der Waals surface area contributed by atoms with Gasteiger partial charge in [0.15, 0.2) is 11.5 Å². The van der Waals surface area contributed by atoms with Gasteiger partial charge in [0.2, 0.25) is 5.91 Å². The monoisotopic (exact) mass is 410 g/mol. The van der Waals surface area contributed by atoms with Crippen molar-refractivity contribution in [3.05, 3.63) is 59.4 Å². The van der Waals surface area contributed by atoms with Crippen LogP contribution in [0.25, 0.3) is 0 Å². The second kappa shape index (κ2) is 10.7. The van der Waals surface area contributed by atoms with Crippen molar-refractivity contribution < 1.29 is 27.4 Å². The van der Waals surface area contributed by atoms with Crippen molar-refractivity contribution in [2.45, 2.75) is 33.0 Å². The van der Waals surface area contributed by atoms with E-state index in [9.17, 15) is 18.0 Å². The third-order valence-corrected chi connectivity index (χ3v) is 4.14. The highest BCUT2D eigenvalue weighted by Crippen LogP contribution is 2.30. The zero-order valence-corrected chi connectivity index (χ0v) is 16.6. The Balaban J connectivity index is 1.93. The molecule has 1 N–H and O–H groups in total. The average molecular weight is 410 g/mol. The fraction of sp³-hybridized carbons (Fsp3) is 0.381. The summed E-state index contributed by atoms with van der Waals surface area (Å²) in [6.45, 7) is 1.48. The van der Waals surface area contributed by atoms with Crippen LogP contribution in [-0.4, -0.2) is 37.6 Å². The lowest BCUT2D eigenvalue weighted by atomic mass is 10.1. The third-order valence-electron chi connectivity index (χ3n) is 4.14. The Labute approximate surface area is 168 Å². The first-order valence-corrected chi connectivity index (χ1v) is 9.22. The van der Waals surface area contributed by atoms with Gasteiger partial charge >= 0.3 is 6.61 Å². The number of nitrogens with zero attached hydrogens (tertiary/aromatic N) is 1. The van der Waals surface area contributed by atoms with Crippen LogP contribution in [0.4, 0.5) is 13.2 Å². The SMILES string of the molecule is CCOc1cc(CN(C)CC(=O)N[C@H](C)c2ccc(F)cc2)ccc1OC(F)F. The number of likely N-dealkylation sites (N-methyl/N-ethyl adjacent to an activating group) is 1. The van der Waals surface area contributed by atoms with Crippen molar-refractivity contribution in [1.29, 1.82) is 0 Å². The number of carbonyl (C=O) groups is 1. The van der Waals surface area contributed by atoms with Gasteiger partial charge in [-0.3, -0.25) is 9.69 Å². The van der Waals surface area contributed by atoms with Crippen LogP contribution in [-0.2, 0) is 11.3 Å². The minimum absolute atomic E-state index is 0.0286. The van der Waals surface area contributed by atoms with Gasteiger partial charge in [-0.05, 0) is 56.3 Å². The molecule has 0 saturated carbocycles. The van der Waals surface area contributed by atoms with E-state index < -0.39 is 6.61 Å². The topological polar surface area (TPSA) is 50.8 Å². The largest absolute Gasteiger partial charge is 0.490 e. The fourth-order valence-corrected chi connectivity index (χ4v) is 2.85. The number of hydrogen-bond acceptors (Lipinski definition) is 4. The highest BCUT2D eigenvalue weighted by atomic mass is 19.3. The molecule has 158 valence electrons. The zero-order chi connectivity index (χ0) is 21.4. The first-order valence-electron chi connectivity index (χ1n) is 9.22. The minimum Gasteiger partial charge on any atom is -0.490 e. The molecule has 29 heavy (non-hydrogen) atoms. The maximum absolute atomic E-state index is 13.0. The van der Waals surface area contributed by atoms with Crippen molar-refractivity contribution in [2.75, 3.05) is 20.2 Å². The molecule has 2 aromatic rings. The van der Waals surface area contributed by atoms with E-state index in [4.69, 9.17) is 4.74 Å². The Morgan fingerprint density at radius 1 is 1.14 bits per heavy atom. The van der Waals surface area contributed by atoms with Gasteiger partial charge in [0.25, 0.3) is 0 Å². The standard InChI is InChI=1S/C21H25F3N2O3/c1-4-28-19-11-15(5-10-18(19)29-21(23)24)12-26(3)13-20(27)25-14(2)16-6-8-17(22)9-7-16/h5-11,14,21H,4,12-13H2,1-3H3,(H,25,27)/t14-/m1/s1. The lowest BCUT2D eigenvalue weighted by Crippen LogP contribution is -2.36. The van der Waals surface area contributed by atoms with E-state index in [0.717, 1.165) is 11.1 Å². The molecule has 0 aliphatic heterocycles. The van der Waals surface area contributed by atoms with Gasteiger partial charge in [-0.25, -0.2) is 4.39 Å². The Hall–Kier alpha value is -2.74. The number of nitrogens with one attached hydrogen (secondary N) is 1. The van der Waals surface area contributed by atoms with Crippen LogP contribution in [0.2, 0.25) is 0 Å². The summed E-state index contributed by atoms with van der Waals surface area (Å²) < 4.78 is 47.8. The van der Waals surface area contributed by atoms with Crippen molar-refractivity contribution in [1.82, 2.24) is 10.2 Å². The molecule has 2 rings (SSSR count). The number of amides is 1.